The fourth-order valence-electron chi connectivity index (χ4n) is 3.96. The maximum Gasteiger partial charge on any atom is 0.290 e. The zero-order valence-corrected chi connectivity index (χ0v) is 17.3. The third-order valence-corrected chi connectivity index (χ3v) is 5.64. The smallest absolute Gasteiger partial charge is 0.290 e. The van der Waals surface area contributed by atoms with Gasteiger partial charge in [0.25, 0.3) is 7.41 Å². The molecule has 0 bridgehead atoms. The summed E-state index contributed by atoms with van der Waals surface area (Å²) in [5, 5.41) is 12.1. The summed E-state index contributed by atoms with van der Waals surface area (Å²) in [5.41, 5.74) is 1.26. The number of ether oxygens (including phenoxy) is 1. The highest BCUT2D eigenvalue weighted by Crippen LogP contribution is 2.33. The number of carbonyl (C=O) groups is 1. The van der Waals surface area contributed by atoms with Gasteiger partial charge < -0.3 is 19.3 Å². The number of benzene rings is 1. The van der Waals surface area contributed by atoms with Crippen LogP contribution in [0.4, 0.5) is 0 Å². The summed E-state index contributed by atoms with van der Waals surface area (Å²) in [4.78, 5) is 10.5. The van der Waals surface area contributed by atoms with Gasteiger partial charge in [0, 0.05) is 13.0 Å². The van der Waals surface area contributed by atoms with Crippen molar-refractivity contribution in [2.45, 2.75) is 70.4 Å². The second-order valence-electron chi connectivity index (χ2n) is 7.98. The average Bonchev–Trinajstić information content (AvgIpc) is 3.08. The molecule has 1 saturated carbocycles. The zero-order valence-electron chi connectivity index (χ0n) is 17.3. The van der Waals surface area contributed by atoms with Gasteiger partial charge in [-0.25, -0.2) is 0 Å². The van der Waals surface area contributed by atoms with Crippen LogP contribution in [0, 0.1) is 0 Å². The van der Waals surface area contributed by atoms with Crippen LogP contribution >= 0.6 is 0 Å². The third-order valence-electron chi connectivity index (χ3n) is 5.64. The van der Waals surface area contributed by atoms with Gasteiger partial charge in [0.1, 0.15) is 11.6 Å². The largest absolute Gasteiger partial charge is 0.483 e. The quantitative estimate of drug-likeness (QED) is 0.560. The second kappa shape index (κ2) is 9.37. The summed E-state index contributed by atoms with van der Waals surface area (Å²) in [6.07, 6.45) is 4.79. The molecular formula is C21H30BN4O2. The maximum absolute atomic E-state index is 10.5. The number of nitrogens with one attached hydrogen (secondary N) is 1. The van der Waals surface area contributed by atoms with Gasteiger partial charge in [-0.05, 0) is 62.3 Å². The van der Waals surface area contributed by atoms with Crippen molar-refractivity contribution >= 4 is 13.6 Å². The number of nitrogens with zero attached hydrogens (tertiary/aromatic N) is 3. The van der Waals surface area contributed by atoms with E-state index in [1.165, 1.54) is 13.0 Å². The first-order chi connectivity index (χ1) is 13.5. The number of aromatic nitrogens is 3. The molecule has 1 aromatic carbocycles. The van der Waals surface area contributed by atoms with E-state index < -0.39 is 0 Å². The van der Waals surface area contributed by atoms with Crippen LogP contribution in [-0.2, 0) is 11.8 Å². The second-order valence-corrected chi connectivity index (χ2v) is 7.98. The lowest BCUT2D eigenvalue weighted by atomic mass is 9.83. The third kappa shape index (κ3) is 4.82. The number of hydrogen-bond donors (Lipinski definition) is 1. The molecule has 2 aromatic rings. The molecule has 7 heteroatoms. The van der Waals surface area contributed by atoms with Crippen molar-refractivity contribution in [3.05, 3.63) is 41.5 Å². The summed E-state index contributed by atoms with van der Waals surface area (Å²) in [6, 6.07) is 8.63. The Labute approximate surface area is 168 Å². The molecule has 1 aromatic heterocycles. The van der Waals surface area contributed by atoms with E-state index in [1.807, 2.05) is 26.1 Å². The predicted molar refractivity (Wildman–Crippen MR) is 111 cm³/mol. The first-order valence-corrected chi connectivity index (χ1v) is 10.2. The van der Waals surface area contributed by atoms with Crippen LogP contribution in [0.5, 0.6) is 5.75 Å². The topological polar surface area (TPSA) is 69.0 Å². The van der Waals surface area contributed by atoms with Crippen molar-refractivity contribution in [3.8, 4) is 5.75 Å². The van der Waals surface area contributed by atoms with Gasteiger partial charge in [0.2, 0.25) is 0 Å². The lowest BCUT2D eigenvalue weighted by Crippen LogP contribution is -2.36. The van der Waals surface area contributed by atoms with Gasteiger partial charge in [-0.15, -0.1) is 10.2 Å². The van der Waals surface area contributed by atoms with Gasteiger partial charge in [-0.1, -0.05) is 26.0 Å². The van der Waals surface area contributed by atoms with Gasteiger partial charge >= 0.3 is 0 Å². The summed E-state index contributed by atoms with van der Waals surface area (Å²) in [5.74, 6) is 3.60. The summed E-state index contributed by atoms with van der Waals surface area (Å²) in [6.45, 7) is 6.38. The fraction of sp³-hybridized carbons (Fsp3) is 0.571. The zero-order chi connectivity index (χ0) is 20.1. The lowest BCUT2D eigenvalue weighted by molar-refractivity contribution is 0.211. The molecule has 1 heterocycles. The molecule has 0 spiro atoms. The summed E-state index contributed by atoms with van der Waals surface area (Å²) in [7, 11) is 3.53. The van der Waals surface area contributed by atoms with Crippen molar-refractivity contribution in [1.82, 2.24) is 20.0 Å². The monoisotopic (exact) mass is 381 g/mol. The molecule has 1 radical (unpaired) electrons. The van der Waals surface area contributed by atoms with E-state index in [4.69, 9.17) is 4.74 Å². The minimum absolute atomic E-state index is 0.172. The average molecular weight is 381 g/mol. The molecule has 0 unspecified atom stereocenters. The van der Waals surface area contributed by atoms with Crippen molar-refractivity contribution < 1.29 is 9.53 Å². The minimum Gasteiger partial charge on any atom is -0.483 e. The van der Waals surface area contributed by atoms with Crippen LogP contribution in [0.25, 0.3) is 0 Å². The molecule has 1 aliphatic carbocycles. The highest BCUT2D eigenvalue weighted by atomic mass is 16.5. The van der Waals surface area contributed by atoms with Crippen LogP contribution in [0.2, 0.25) is 0 Å². The molecule has 1 aliphatic rings. The Hall–Kier alpha value is -2.15. The molecular weight excluding hydrogens is 351 g/mol. The molecule has 3 rings (SSSR count). The first kappa shape index (κ1) is 20.6. The van der Waals surface area contributed by atoms with Crippen LogP contribution in [0.3, 0.4) is 0 Å². The molecule has 1 fully saturated rings. The van der Waals surface area contributed by atoms with Gasteiger partial charge in [0.05, 0.1) is 6.19 Å². The highest BCUT2D eigenvalue weighted by Gasteiger charge is 2.27. The molecule has 28 heavy (non-hydrogen) atoms. The Bertz CT molecular complexity index is 784. The van der Waals surface area contributed by atoms with Crippen molar-refractivity contribution in [2.75, 3.05) is 0 Å². The van der Waals surface area contributed by atoms with E-state index in [0.29, 0.717) is 17.9 Å². The fourth-order valence-corrected chi connectivity index (χ4v) is 3.96. The maximum atomic E-state index is 10.5. The van der Waals surface area contributed by atoms with Crippen molar-refractivity contribution in [1.29, 1.82) is 0 Å². The Morgan fingerprint density at radius 1 is 1.21 bits per heavy atom. The van der Waals surface area contributed by atoms with Crippen molar-refractivity contribution in [3.63, 3.8) is 0 Å². The number of carbonyl (C=O) groups excluding carboxylic acids is 1. The van der Waals surface area contributed by atoms with Crippen molar-refractivity contribution in [2.24, 2.45) is 7.05 Å². The molecule has 149 valence electrons. The minimum atomic E-state index is -0.172. The Balaban J connectivity index is 1.64. The summed E-state index contributed by atoms with van der Waals surface area (Å²) >= 11 is 0. The van der Waals surface area contributed by atoms with Gasteiger partial charge in [-0.3, -0.25) is 0 Å². The van der Waals surface area contributed by atoms with Gasteiger partial charge in [0.15, 0.2) is 11.9 Å². The first-order valence-electron chi connectivity index (χ1n) is 10.2. The molecule has 0 saturated heterocycles. The molecule has 6 nitrogen and oxygen atoms in total. The number of hydrogen-bond acceptors (Lipinski definition) is 5. The summed E-state index contributed by atoms with van der Waals surface area (Å²) < 4.78 is 8.25. The van der Waals surface area contributed by atoms with Crippen LogP contribution in [-0.4, -0.2) is 34.4 Å². The van der Waals surface area contributed by atoms with Gasteiger partial charge in [-0.2, -0.15) is 0 Å². The molecule has 1 atom stereocenters. The van der Waals surface area contributed by atoms with Crippen LogP contribution in [0.15, 0.2) is 24.3 Å². The normalized spacial score (nSPS) is 20.8. The molecule has 0 amide bonds. The van der Waals surface area contributed by atoms with E-state index in [1.54, 1.807) is 0 Å². The Morgan fingerprint density at radius 3 is 2.64 bits per heavy atom. The standard InChI is InChI=1S/C21H30BN4O2/c1-14(2)17-6-5-7-19(12-17)28-15(3)20-24-25-21(26(20)4)16-8-10-18(11-9-16)23-22-13-27/h5-7,12-16,18,23H,8-11H2,1-4H3/t15-,16?,18?/m1/s1. The van der Waals surface area contributed by atoms with Crippen LogP contribution in [0.1, 0.15) is 81.6 Å². The van der Waals surface area contributed by atoms with E-state index in [2.05, 4.69) is 46.0 Å². The predicted octanol–water partition coefficient (Wildman–Crippen LogP) is 3.50. The van der Waals surface area contributed by atoms with E-state index in [0.717, 1.165) is 49.3 Å². The van der Waals surface area contributed by atoms with Crippen LogP contribution < -0.4 is 9.96 Å². The highest BCUT2D eigenvalue weighted by molar-refractivity contribution is 6.64. The number of rotatable bonds is 8. The Kier molecular flexibility index (Phi) is 6.89. The Morgan fingerprint density at radius 2 is 1.96 bits per heavy atom. The molecule has 1 N–H and O–H groups in total. The van der Waals surface area contributed by atoms with E-state index in [9.17, 15) is 4.79 Å². The van der Waals surface area contributed by atoms with E-state index in [-0.39, 0.29) is 6.10 Å². The van der Waals surface area contributed by atoms with E-state index >= 15 is 0 Å². The SMILES string of the molecule is CC(C)c1cccc(O[C@H](C)c2nnc(C3CCC(N[B]C=O)CC3)n2C)c1. The molecule has 0 aliphatic heterocycles. The lowest BCUT2D eigenvalue weighted by Gasteiger charge is -2.28.